The highest BCUT2D eigenvalue weighted by molar-refractivity contribution is 9.10. The molecule has 2 heterocycles. The van der Waals surface area contributed by atoms with Gasteiger partial charge in [0.1, 0.15) is 0 Å². The Labute approximate surface area is 172 Å². The molecule has 0 spiro atoms. The topological polar surface area (TPSA) is 86.8 Å². The van der Waals surface area contributed by atoms with E-state index in [2.05, 4.69) is 21.2 Å². The van der Waals surface area contributed by atoms with Gasteiger partial charge in [-0.05, 0) is 37.5 Å². The maximum atomic E-state index is 12.6. The summed E-state index contributed by atoms with van der Waals surface area (Å²) >= 11 is 3.30. The van der Waals surface area contributed by atoms with Crippen molar-refractivity contribution in [3.05, 3.63) is 33.8 Å². The van der Waals surface area contributed by atoms with E-state index in [0.29, 0.717) is 30.8 Å². The average molecular weight is 450 g/mol. The maximum Gasteiger partial charge on any atom is 0.261 e. The molecule has 1 N–H and O–H groups in total. The van der Waals surface area contributed by atoms with Crippen LogP contribution in [0.15, 0.2) is 22.7 Å². The molecule has 150 valence electrons. The molecular formula is C20H24BrN3O4. The first kappa shape index (κ1) is 20.5. The van der Waals surface area contributed by atoms with Gasteiger partial charge in [-0.3, -0.25) is 24.1 Å². The van der Waals surface area contributed by atoms with E-state index < -0.39 is 0 Å². The zero-order valence-electron chi connectivity index (χ0n) is 15.9. The van der Waals surface area contributed by atoms with Crippen molar-refractivity contribution in [1.82, 2.24) is 15.1 Å². The van der Waals surface area contributed by atoms with Crippen LogP contribution in [0.1, 0.15) is 53.3 Å². The van der Waals surface area contributed by atoms with Gasteiger partial charge >= 0.3 is 0 Å². The number of imide groups is 1. The molecule has 0 aromatic heterocycles. The van der Waals surface area contributed by atoms with Gasteiger partial charge in [0.25, 0.3) is 11.8 Å². The number of hydrogen-bond donors (Lipinski definition) is 1. The molecule has 1 saturated heterocycles. The van der Waals surface area contributed by atoms with E-state index in [0.717, 1.165) is 28.6 Å². The smallest absolute Gasteiger partial charge is 0.261 e. The number of amides is 4. The third kappa shape index (κ3) is 4.27. The van der Waals surface area contributed by atoms with E-state index in [1.165, 1.54) is 0 Å². The molecular weight excluding hydrogens is 426 g/mol. The molecule has 1 aromatic carbocycles. The lowest BCUT2D eigenvalue weighted by atomic mass is 9.97. The van der Waals surface area contributed by atoms with Gasteiger partial charge in [0.05, 0.1) is 17.0 Å². The summed E-state index contributed by atoms with van der Waals surface area (Å²) in [6.45, 7) is 3.68. The van der Waals surface area contributed by atoms with Crippen molar-refractivity contribution in [2.24, 2.45) is 5.92 Å². The molecule has 8 heteroatoms. The first-order valence-electron chi connectivity index (χ1n) is 9.63. The van der Waals surface area contributed by atoms with Crippen LogP contribution in [0.3, 0.4) is 0 Å². The van der Waals surface area contributed by atoms with Crippen LogP contribution in [0.25, 0.3) is 0 Å². The standard InChI is InChI=1S/C20H24BrN3O4/c1-2-8-22-18(26)13-4-3-9-23(12-13)17(25)7-10-24-19(27)15-6-5-14(21)11-16(15)20(24)28/h5-6,11,13H,2-4,7-10,12H2,1H3,(H,22,26). The number of nitrogens with one attached hydrogen (secondary N) is 1. The minimum absolute atomic E-state index is 0.00900. The molecule has 2 aliphatic rings. The normalized spacial score (nSPS) is 19.0. The summed E-state index contributed by atoms with van der Waals surface area (Å²) in [5, 5.41) is 2.89. The van der Waals surface area contributed by atoms with E-state index in [1.54, 1.807) is 23.1 Å². The highest BCUT2D eigenvalue weighted by atomic mass is 79.9. The average Bonchev–Trinajstić information content (AvgIpc) is 2.93. The number of rotatable bonds is 6. The Morgan fingerprint density at radius 1 is 1.21 bits per heavy atom. The second-order valence-corrected chi connectivity index (χ2v) is 8.09. The number of carbonyl (C=O) groups excluding carboxylic acids is 4. The van der Waals surface area contributed by atoms with Gasteiger partial charge in [0.15, 0.2) is 0 Å². The molecule has 0 aliphatic carbocycles. The number of hydrogen-bond acceptors (Lipinski definition) is 4. The zero-order valence-corrected chi connectivity index (χ0v) is 17.5. The fraction of sp³-hybridized carbons (Fsp3) is 0.500. The number of nitrogens with zero attached hydrogens (tertiary/aromatic N) is 2. The molecule has 7 nitrogen and oxygen atoms in total. The first-order valence-corrected chi connectivity index (χ1v) is 10.4. The summed E-state index contributed by atoms with van der Waals surface area (Å²) in [7, 11) is 0. The van der Waals surface area contributed by atoms with Gasteiger partial charge < -0.3 is 10.2 Å². The second-order valence-electron chi connectivity index (χ2n) is 7.17. The second kappa shape index (κ2) is 8.86. The van der Waals surface area contributed by atoms with Crippen molar-refractivity contribution in [2.75, 3.05) is 26.2 Å². The molecule has 1 fully saturated rings. The third-order valence-corrected chi connectivity index (χ3v) is 5.67. The summed E-state index contributed by atoms with van der Waals surface area (Å²) in [6.07, 6.45) is 2.48. The first-order chi connectivity index (χ1) is 13.4. The van der Waals surface area contributed by atoms with Crippen LogP contribution >= 0.6 is 15.9 Å². The van der Waals surface area contributed by atoms with Crippen LogP contribution in [0.5, 0.6) is 0 Å². The highest BCUT2D eigenvalue weighted by Gasteiger charge is 2.36. The van der Waals surface area contributed by atoms with Crippen molar-refractivity contribution in [1.29, 1.82) is 0 Å². The largest absolute Gasteiger partial charge is 0.356 e. The van der Waals surface area contributed by atoms with E-state index in [9.17, 15) is 19.2 Å². The van der Waals surface area contributed by atoms with Crippen LogP contribution < -0.4 is 5.32 Å². The Balaban J connectivity index is 1.56. The van der Waals surface area contributed by atoms with Crippen molar-refractivity contribution < 1.29 is 19.2 Å². The SMILES string of the molecule is CCCNC(=O)C1CCCN(C(=O)CCN2C(=O)c3ccc(Br)cc3C2=O)C1. The van der Waals surface area contributed by atoms with Crippen LogP contribution in [0.2, 0.25) is 0 Å². The highest BCUT2D eigenvalue weighted by Crippen LogP contribution is 2.26. The number of fused-ring (bicyclic) bond motifs is 1. The van der Waals surface area contributed by atoms with Crippen LogP contribution in [0.4, 0.5) is 0 Å². The summed E-state index contributed by atoms with van der Waals surface area (Å²) < 4.78 is 0.728. The lowest BCUT2D eigenvalue weighted by Gasteiger charge is -2.32. The van der Waals surface area contributed by atoms with Crippen molar-refractivity contribution in [3.63, 3.8) is 0 Å². The predicted octanol–water partition coefficient (Wildman–Crippen LogP) is 2.20. The number of likely N-dealkylation sites (tertiary alicyclic amines) is 1. The molecule has 0 bridgehead atoms. The van der Waals surface area contributed by atoms with Crippen molar-refractivity contribution in [2.45, 2.75) is 32.6 Å². The van der Waals surface area contributed by atoms with E-state index >= 15 is 0 Å². The Morgan fingerprint density at radius 3 is 2.71 bits per heavy atom. The predicted molar refractivity (Wildman–Crippen MR) is 107 cm³/mol. The molecule has 4 amide bonds. The Bertz CT molecular complexity index is 811. The fourth-order valence-corrected chi connectivity index (χ4v) is 4.00. The van der Waals surface area contributed by atoms with Crippen LogP contribution in [-0.4, -0.2) is 59.6 Å². The Hall–Kier alpha value is -2.22. The molecule has 1 unspecified atom stereocenters. The zero-order chi connectivity index (χ0) is 20.3. The lowest BCUT2D eigenvalue weighted by Crippen LogP contribution is -2.46. The quantitative estimate of drug-likeness (QED) is 0.674. The lowest BCUT2D eigenvalue weighted by molar-refractivity contribution is -0.135. The summed E-state index contributed by atoms with van der Waals surface area (Å²) in [5.41, 5.74) is 0.726. The van der Waals surface area contributed by atoms with Crippen LogP contribution in [0, 0.1) is 5.92 Å². The van der Waals surface area contributed by atoms with Crippen LogP contribution in [-0.2, 0) is 9.59 Å². The third-order valence-electron chi connectivity index (χ3n) is 5.18. The van der Waals surface area contributed by atoms with Crippen molar-refractivity contribution in [3.8, 4) is 0 Å². The van der Waals surface area contributed by atoms with Gasteiger partial charge in [0, 0.05) is 37.1 Å². The number of piperidine rings is 1. The minimum Gasteiger partial charge on any atom is -0.356 e. The number of benzene rings is 1. The monoisotopic (exact) mass is 449 g/mol. The molecule has 28 heavy (non-hydrogen) atoms. The summed E-state index contributed by atoms with van der Waals surface area (Å²) in [4.78, 5) is 52.6. The van der Waals surface area contributed by atoms with Gasteiger partial charge in [-0.15, -0.1) is 0 Å². The van der Waals surface area contributed by atoms with Gasteiger partial charge in [-0.1, -0.05) is 22.9 Å². The number of halogens is 1. The summed E-state index contributed by atoms with van der Waals surface area (Å²) in [5.74, 6) is -1.07. The fourth-order valence-electron chi connectivity index (χ4n) is 3.64. The van der Waals surface area contributed by atoms with E-state index in [1.807, 2.05) is 6.92 Å². The molecule has 0 saturated carbocycles. The van der Waals surface area contributed by atoms with Gasteiger partial charge in [-0.25, -0.2) is 0 Å². The van der Waals surface area contributed by atoms with E-state index in [-0.39, 0.29) is 42.5 Å². The van der Waals surface area contributed by atoms with E-state index in [4.69, 9.17) is 0 Å². The summed E-state index contributed by atoms with van der Waals surface area (Å²) in [6, 6.07) is 4.96. The van der Waals surface area contributed by atoms with Crippen molar-refractivity contribution >= 4 is 39.6 Å². The molecule has 1 aromatic rings. The van der Waals surface area contributed by atoms with Gasteiger partial charge in [-0.2, -0.15) is 0 Å². The number of carbonyl (C=O) groups is 4. The maximum absolute atomic E-state index is 12.6. The molecule has 0 radical (unpaired) electrons. The Kier molecular flexibility index (Phi) is 6.49. The molecule has 3 rings (SSSR count). The molecule has 1 atom stereocenters. The van der Waals surface area contributed by atoms with Gasteiger partial charge in [0.2, 0.25) is 11.8 Å². The Morgan fingerprint density at radius 2 is 1.96 bits per heavy atom. The minimum atomic E-state index is -0.371. The molecule has 2 aliphatic heterocycles.